The summed E-state index contributed by atoms with van der Waals surface area (Å²) in [6.45, 7) is 0. The lowest BCUT2D eigenvalue weighted by atomic mass is 10.1. The molecule has 0 heterocycles. The predicted octanol–water partition coefficient (Wildman–Crippen LogP) is 2.47. The molecule has 0 radical (unpaired) electrons. The molecular formula is C16H16N2O5S. The molecule has 126 valence electrons. The summed E-state index contributed by atoms with van der Waals surface area (Å²) in [5.74, 6) is 4.76. The van der Waals surface area contributed by atoms with E-state index in [0.717, 1.165) is 0 Å². The van der Waals surface area contributed by atoms with Gasteiger partial charge >= 0.3 is 0 Å². The zero-order chi connectivity index (χ0) is 17.7. The number of rotatable bonds is 2. The van der Waals surface area contributed by atoms with Crippen LogP contribution in [0.5, 0.6) is 11.5 Å². The predicted molar refractivity (Wildman–Crippen MR) is 91.3 cm³/mol. The number of hydrazine groups is 1. The number of hydrogen-bond acceptors (Lipinski definition) is 6. The molecule has 0 atom stereocenters. The van der Waals surface area contributed by atoms with Crippen LogP contribution < -0.4 is 11.3 Å². The highest BCUT2D eigenvalue weighted by atomic mass is 32.2. The fraction of sp³-hybridized carbons (Fsp3) is 0. The fourth-order valence-corrected chi connectivity index (χ4v) is 2.89. The Morgan fingerprint density at radius 3 is 2.04 bits per heavy atom. The number of aromatic hydroxyl groups is 2. The molecule has 3 aromatic rings. The summed E-state index contributed by atoms with van der Waals surface area (Å²) >= 11 is 0. The van der Waals surface area contributed by atoms with Crippen molar-refractivity contribution in [2.45, 2.75) is 4.90 Å². The second-order valence-corrected chi connectivity index (χ2v) is 6.13. The van der Waals surface area contributed by atoms with Gasteiger partial charge < -0.3 is 15.6 Å². The highest BCUT2D eigenvalue weighted by molar-refractivity contribution is 7.86. The topological polar surface area (TPSA) is 133 Å². The second kappa shape index (κ2) is 7.18. The van der Waals surface area contributed by atoms with Gasteiger partial charge in [0.25, 0.3) is 10.1 Å². The molecule has 0 aliphatic carbocycles. The fourth-order valence-electron chi connectivity index (χ4n) is 2.10. The molecule has 0 unspecified atom stereocenters. The molecule has 8 heteroatoms. The van der Waals surface area contributed by atoms with Crippen LogP contribution in [0.15, 0.2) is 65.6 Å². The number of hydrogen-bond donors (Lipinski definition) is 5. The van der Waals surface area contributed by atoms with Gasteiger partial charge in [-0.25, -0.2) is 0 Å². The molecule has 0 aliphatic heterocycles. The molecule has 7 nitrogen and oxygen atoms in total. The van der Waals surface area contributed by atoms with E-state index in [4.69, 9.17) is 15.5 Å². The number of benzene rings is 3. The third-order valence-corrected chi connectivity index (χ3v) is 4.12. The molecule has 6 N–H and O–H groups in total. The number of fused-ring (bicyclic) bond motifs is 1. The maximum Gasteiger partial charge on any atom is 0.298 e. The summed E-state index contributed by atoms with van der Waals surface area (Å²) in [4.78, 5) is -0.444. The molecule has 0 amide bonds. The van der Waals surface area contributed by atoms with Crippen LogP contribution in [0.1, 0.15) is 0 Å². The summed E-state index contributed by atoms with van der Waals surface area (Å²) in [5, 5.41) is 19.3. The third kappa shape index (κ3) is 3.93. The van der Waals surface area contributed by atoms with Gasteiger partial charge in [0, 0.05) is 5.39 Å². The summed E-state index contributed by atoms with van der Waals surface area (Å²) < 4.78 is 31.1. The van der Waals surface area contributed by atoms with Crippen LogP contribution in [0, 0.1) is 0 Å². The highest BCUT2D eigenvalue weighted by Crippen LogP contribution is 2.30. The van der Waals surface area contributed by atoms with Crippen LogP contribution in [-0.4, -0.2) is 23.2 Å². The van der Waals surface area contributed by atoms with Gasteiger partial charge in [-0.05, 0) is 23.6 Å². The molecule has 0 fully saturated rings. The Morgan fingerprint density at radius 1 is 0.833 bits per heavy atom. The van der Waals surface area contributed by atoms with Crippen LogP contribution in [0.4, 0.5) is 5.69 Å². The van der Waals surface area contributed by atoms with E-state index in [2.05, 4.69) is 5.43 Å². The number of nitrogens with one attached hydrogen (secondary N) is 1. The van der Waals surface area contributed by atoms with Crippen molar-refractivity contribution in [3.63, 3.8) is 0 Å². The van der Waals surface area contributed by atoms with Crippen molar-refractivity contribution < 1.29 is 23.2 Å². The zero-order valence-corrected chi connectivity index (χ0v) is 13.2. The molecule has 0 aromatic heterocycles. The van der Waals surface area contributed by atoms with E-state index in [-0.39, 0.29) is 5.75 Å². The highest BCUT2D eigenvalue weighted by Gasteiger charge is 2.18. The van der Waals surface area contributed by atoms with Crippen molar-refractivity contribution >= 4 is 26.6 Å². The SMILES string of the molecule is NNc1ccccc1O.O=S(=O)(O)c1c(O)ccc2ccccc12. The number of anilines is 1. The number of nitrogen functional groups attached to an aromatic ring is 1. The largest absolute Gasteiger partial charge is 0.506 e. The first-order chi connectivity index (χ1) is 11.3. The summed E-state index contributed by atoms with van der Waals surface area (Å²) in [5.41, 5.74) is 2.88. The van der Waals surface area contributed by atoms with Crippen molar-refractivity contribution in [1.29, 1.82) is 0 Å². The van der Waals surface area contributed by atoms with Crippen molar-refractivity contribution in [3.05, 3.63) is 60.7 Å². The summed E-state index contributed by atoms with van der Waals surface area (Å²) in [6, 6.07) is 16.2. The Kier molecular flexibility index (Phi) is 5.24. The van der Waals surface area contributed by atoms with Gasteiger partial charge in [-0.2, -0.15) is 8.42 Å². The van der Waals surface area contributed by atoms with Gasteiger partial charge in [-0.15, -0.1) is 0 Å². The van der Waals surface area contributed by atoms with Gasteiger partial charge in [-0.3, -0.25) is 10.4 Å². The normalized spacial score (nSPS) is 10.8. The van der Waals surface area contributed by atoms with Crippen LogP contribution in [0.3, 0.4) is 0 Å². The molecule has 0 saturated carbocycles. The molecule has 0 spiro atoms. The maximum absolute atomic E-state index is 11.1. The first-order valence-electron chi connectivity index (χ1n) is 6.77. The second-order valence-electron chi connectivity index (χ2n) is 4.77. The lowest BCUT2D eigenvalue weighted by Crippen LogP contribution is -2.06. The van der Waals surface area contributed by atoms with Crippen LogP contribution >= 0.6 is 0 Å². The monoisotopic (exact) mass is 348 g/mol. The molecule has 0 bridgehead atoms. The average molecular weight is 348 g/mol. The smallest absolute Gasteiger partial charge is 0.298 e. The van der Waals surface area contributed by atoms with Crippen LogP contribution in [0.25, 0.3) is 10.8 Å². The van der Waals surface area contributed by atoms with Crippen molar-refractivity contribution in [2.24, 2.45) is 5.84 Å². The first-order valence-corrected chi connectivity index (χ1v) is 8.21. The van der Waals surface area contributed by atoms with Gasteiger partial charge in [0.2, 0.25) is 0 Å². The Labute approximate surface area is 138 Å². The maximum atomic E-state index is 11.1. The van der Waals surface area contributed by atoms with E-state index in [9.17, 15) is 13.5 Å². The van der Waals surface area contributed by atoms with Gasteiger partial charge in [0.15, 0.2) is 0 Å². The average Bonchev–Trinajstić information content (AvgIpc) is 2.54. The minimum absolute atomic E-state index is 0.167. The zero-order valence-electron chi connectivity index (χ0n) is 12.4. The van der Waals surface area contributed by atoms with Crippen molar-refractivity contribution in [1.82, 2.24) is 0 Å². The summed E-state index contributed by atoms with van der Waals surface area (Å²) in [6.07, 6.45) is 0. The Balaban J connectivity index is 0.000000198. The van der Waals surface area contributed by atoms with Crippen LogP contribution in [0.2, 0.25) is 0 Å². The van der Waals surface area contributed by atoms with Gasteiger partial charge in [-0.1, -0.05) is 42.5 Å². The molecule has 3 rings (SSSR count). The minimum Gasteiger partial charge on any atom is -0.506 e. The Hall–Kier alpha value is -2.81. The van der Waals surface area contributed by atoms with Crippen molar-refractivity contribution in [3.8, 4) is 11.5 Å². The van der Waals surface area contributed by atoms with E-state index in [1.807, 2.05) is 0 Å². The minimum atomic E-state index is -4.41. The molecular weight excluding hydrogens is 332 g/mol. The number of nitrogens with two attached hydrogens (primary N) is 1. The standard InChI is InChI=1S/C10H8O4S.C6H8N2O/c11-9-6-5-7-3-1-2-4-8(7)10(9)15(12,13)14;7-8-5-3-1-2-4-6(5)9/h1-6,11H,(H,12,13,14);1-4,8-9H,7H2. The number of phenols is 2. The van der Waals surface area contributed by atoms with Gasteiger partial charge in [0.05, 0.1) is 5.69 Å². The lowest BCUT2D eigenvalue weighted by molar-refractivity contribution is 0.445. The molecule has 0 saturated heterocycles. The van der Waals surface area contributed by atoms with E-state index in [1.54, 1.807) is 48.5 Å². The number of para-hydroxylation sites is 2. The first kappa shape index (κ1) is 17.5. The molecule has 3 aromatic carbocycles. The van der Waals surface area contributed by atoms with E-state index in [1.165, 1.54) is 12.1 Å². The van der Waals surface area contributed by atoms with E-state index >= 15 is 0 Å². The Bertz CT molecular complexity index is 958. The Morgan fingerprint density at radius 2 is 1.46 bits per heavy atom. The summed E-state index contributed by atoms with van der Waals surface area (Å²) in [7, 11) is -4.41. The quantitative estimate of drug-likeness (QED) is 0.208. The lowest BCUT2D eigenvalue weighted by Gasteiger charge is -2.05. The molecule has 24 heavy (non-hydrogen) atoms. The van der Waals surface area contributed by atoms with Crippen molar-refractivity contribution in [2.75, 3.05) is 5.43 Å². The van der Waals surface area contributed by atoms with E-state index < -0.39 is 20.8 Å². The van der Waals surface area contributed by atoms with Gasteiger partial charge in [0.1, 0.15) is 16.4 Å². The third-order valence-electron chi connectivity index (χ3n) is 3.18. The van der Waals surface area contributed by atoms with E-state index in [0.29, 0.717) is 16.5 Å². The number of phenolic OH excluding ortho intramolecular Hbond substituents is 2. The molecule has 0 aliphatic rings. The van der Waals surface area contributed by atoms with Crippen LogP contribution in [-0.2, 0) is 10.1 Å².